The summed E-state index contributed by atoms with van der Waals surface area (Å²) in [5.41, 5.74) is 2.62. The second-order valence-electron chi connectivity index (χ2n) is 8.77. The minimum Gasteiger partial charge on any atom is -0.497 e. The topological polar surface area (TPSA) is 40.0 Å². The van der Waals surface area contributed by atoms with Gasteiger partial charge in [-0.25, -0.2) is 0 Å². The van der Waals surface area contributed by atoms with E-state index in [1.54, 1.807) is 7.11 Å². The second kappa shape index (κ2) is 6.88. The number of rotatable bonds is 5. The Balaban J connectivity index is 1.49. The minimum atomic E-state index is 0.135. The monoisotopic (exact) mass is 357 g/mol. The number of hydrogen-bond acceptors (Lipinski definition) is 4. The first-order chi connectivity index (χ1) is 12.5. The molecule has 5 atom stereocenters. The van der Waals surface area contributed by atoms with Crippen molar-refractivity contribution in [2.24, 2.45) is 28.3 Å². The number of methoxy groups -OCH3 is 1. The van der Waals surface area contributed by atoms with Crippen molar-refractivity contribution in [3.63, 3.8) is 0 Å². The molecular weight excluding hydrogens is 326 g/mol. The standard InChI is InChI=1S/C22H31NO3/c1-14(2)17-11-12-22(3)19(10-9-18-20(22)21(17)26-23-18)25-13-15-5-7-16(24-4)8-6-15/h5-8,14,17,19-21H,9-13H2,1-4H3/t17-,19-,20+,21+,22+/m1/s1. The van der Waals surface area contributed by atoms with Crippen LogP contribution in [0.4, 0.5) is 0 Å². The van der Waals surface area contributed by atoms with Crippen LogP contribution in [0.3, 0.4) is 0 Å². The average Bonchev–Trinajstić information content (AvgIpc) is 3.07. The zero-order chi connectivity index (χ0) is 18.3. The Labute approximate surface area is 156 Å². The Morgan fingerprint density at radius 1 is 1.23 bits per heavy atom. The third-order valence-corrected chi connectivity index (χ3v) is 6.99. The van der Waals surface area contributed by atoms with Crippen molar-refractivity contribution in [3.05, 3.63) is 29.8 Å². The fraction of sp³-hybridized carbons (Fsp3) is 0.682. The van der Waals surface area contributed by atoms with E-state index in [-0.39, 0.29) is 17.6 Å². The highest BCUT2D eigenvalue weighted by Gasteiger charge is 2.59. The first-order valence-electron chi connectivity index (χ1n) is 10.00. The number of nitrogens with zero attached hydrogens (tertiary/aromatic N) is 1. The van der Waals surface area contributed by atoms with Gasteiger partial charge in [-0.2, -0.15) is 0 Å². The predicted octanol–water partition coefficient (Wildman–Crippen LogP) is 4.82. The van der Waals surface area contributed by atoms with Crippen molar-refractivity contribution in [2.75, 3.05) is 7.11 Å². The molecule has 3 aliphatic rings. The average molecular weight is 357 g/mol. The zero-order valence-electron chi connectivity index (χ0n) is 16.4. The quantitative estimate of drug-likeness (QED) is 0.759. The van der Waals surface area contributed by atoms with Gasteiger partial charge < -0.3 is 14.3 Å². The lowest BCUT2D eigenvalue weighted by Crippen LogP contribution is -2.56. The fourth-order valence-electron chi connectivity index (χ4n) is 5.39. The van der Waals surface area contributed by atoms with Crippen molar-refractivity contribution >= 4 is 5.71 Å². The van der Waals surface area contributed by atoms with Crippen LogP contribution in [-0.4, -0.2) is 25.0 Å². The summed E-state index contributed by atoms with van der Waals surface area (Å²) in [6.45, 7) is 7.69. The molecule has 1 aromatic rings. The summed E-state index contributed by atoms with van der Waals surface area (Å²) in [5.74, 6) is 2.56. The van der Waals surface area contributed by atoms with Gasteiger partial charge in [0.15, 0.2) is 0 Å². The Morgan fingerprint density at radius 2 is 2.00 bits per heavy atom. The van der Waals surface area contributed by atoms with E-state index in [0.29, 0.717) is 24.4 Å². The molecule has 1 aromatic carbocycles. The van der Waals surface area contributed by atoms with Gasteiger partial charge in [-0.3, -0.25) is 0 Å². The molecule has 2 fully saturated rings. The molecule has 0 spiro atoms. The van der Waals surface area contributed by atoms with E-state index in [9.17, 15) is 0 Å². The second-order valence-corrected chi connectivity index (χ2v) is 8.77. The lowest BCUT2D eigenvalue weighted by molar-refractivity contribution is -0.134. The van der Waals surface area contributed by atoms with Gasteiger partial charge in [0.2, 0.25) is 0 Å². The molecule has 0 radical (unpaired) electrons. The van der Waals surface area contributed by atoms with Crippen LogP contribution in [0.15, 0.2) is 29.4 Å². The third-order valence-electron chi connectivity index (χ3n) is 6.99. The van der Waals surface area contributed by atoms with Crippen LogP contribution >= 0.6 is 0 Å². The zero-order valence-corrected chi connectivity index (χ0v) is 16.4. The third kappa shape index (κ3) is 2.92. The molecular formula is C22H31NO3. The SMILES string of the molecule is COc1ccc(CO[C@@H]2CCC3=NO[C@H]4[C@@H](C(C)C)CC[C@]2(C)[C@@H]34)cc1. The minimum absolute atomic E-state index is 0.135. The van der Waals surface area contributed by atoms with E-state index in [1.807, 2.05) is 12.1 Å². The largest absolute Gasteiger partial charge is 0.497 e. The van der Waals surface area contributed by atoms with E-state index in [4.69, 9.17) is 14.3 Å². The van der Waals surface area contributed by atoms with Gasteiger partial charge in [-0.1, -0.05) is 38.1 Å². The van der Waals surface area contributed by atoms with Crippen LogP contribution in [-0.2, 0) is 16.2 Å². The number of ether oxygens (including phenoxy) is 2. The molecule has 4 nitrogen and oxygen atoms in total. The summed E-state index contributed by atoms with van der Waals surface area (Å²) in [7, 11) is 1.70. The molecule has 0 amide bonds. The highest BCUT2D eigenvalue weighted by molar-refractivity contribution is 5.89. The van der Waals surface area contributed by atoms with Crippen LogP contribution in [0.1, 0.15) is 52.0 Å². The molecule has 0 unspecified atom stereocenters. The number of oxime groups is 1. The summed E-state index contributed by atoms with van der Waals surface area (Å²) in [4.78, 5) is 5.97. The van der Waals surface area contributed by atoms with Gasteiger partial charge in [0.05, 0.1) is 25.5 Å². The summed E-state index contributed by atoms with van der Waals surface area (Å²) < 4.78 is 11.7. The summed E-state index contributed by atoms with van der Waals surface area (Å²) in [6.07, 6.45) is 4.98. The van der Waals surface area contributed by atoms with Gasteiger partial charge >= 0.3 is 0 Å². The van der Waals surface area contributed by atoms with Crippen molar-refractivity contribution in [2.45, 2.75) is 65.3 Å². The normalized spacial score (nSPS) is 35.7. The molecule has 142 valence electrons. The maximum absolute atomic E-state index is 6.48. The smallest absolute Gasteiger partial charge is 0.139 e. The van der Waals surface area contributed by atoms with Crippen LogP contribution in [0, 0.1) is 23.2 Å². The lowest BCUT2D eigenvalue weighted by Gasteiger charge is -2.52. The highest BCUT2D eigenvalue weighted by atomic mass is 16.6. The van der Waals surface area contributed by atoms with Crippen molar-refractivity contribution in [1.82, 2.24) is 0 Å². The molecule has 4 heteroatoms. The number of benzene rings is 1. The van der Waals surface area contributed by atoms with E-state index >= 15 is 0 Å². The molecule has 2 saturated carbocycles. The van der Waals surface area contributed by atoms with Gasteiger partial charge in [0, 0.05) is 17.3 Å². The Bertz CT molecular complexity index is 668. The Morgan fingerprint density at radius 3 is 2.69 bits per heavy atom. The molecule has 26 heavy (non-hydrogen) atoms. The van der Waals surface area contributed by atoms with E-state index in [1.165, 1.54) is 24.1 Å². The fourth-order valence-corrected chi connectivity index (χ4v) is 5.39. The van der Waals surface area contributed by atoms with Crippen LogP contribution in [0.2, 0.25) is 0 Å². The van der Waals surface area contributed by atoms with Crippen LogP contribution < -0.4 is 4.74 Å². The predicted molar refractivity (Wildman–Crippen MR) is 102 cm³/mol. The van der Waals surface area contributed by atoms with Gasteiger partial charge in [-0.05, 0) is 49.3 Å². The summed E-state index contributed by atoms with van der Waals surface area (Å²) >= 11 is 0. The van der Waals surface area contributed by atoms with Gasteiger partial charge in [0.1, 0.15) is 11.9 Å². The first kappa shape index (κ1) is 17.8. The molecule has 0 N–H and O–H groups in total. The molecule has 4 rings (SSSR count). The van der Waals surface area contributed by atoms with Crippen molar-refractivity contribution in [1.29, 1.82) is 0 Å². The van der Waals surface area contributed by atoms with Crippen molar-refractivity contribution in [3.8, 4) is 5.75 Å². The van der Waals surface area contributed by atoms with E-state index in [0.717, 1.165) is 18.6 Å². The van der Waals surface area contributed by atoms with Gasteiger partial charge in [0.25, 0.3) is 0 Å². The van der Waals surface area contributed by atoms with Crippen LogP contribution in [0.25, 0.3) is 0 Å². The molecule has 0 aromatic heterocycles. The first-order valence-corrected chi connectivity index (χ1v) is 10.00. The highest BCUT2D eigenvalue weighted by Crippen LogP contribution is 2.56. The van der Waals surface area contributed by atoms with Crippen LogP contribution in [0.5, 0.6) is 5.75 Å². The summed E-state index contributed by atoms with van der Waals surface area (Å²) in [6, 6.07) is 8.18. The van der Waals surface area contributed by atoms with E-state index in [2.05, 4.69) is 38.1 Å². The number of hydrogen-bond donors (Lipinski definition) is 0. The Hall–Kier alpha value is -1.55. The Kier molecular flexibility index (Phi) is 4.72. The molecule has 0 saturated heterocycles. The van der Waals surface area contributed by atoms with Crippen molar-refractivity contribution < 1.29 is 14.3 Å². The molecule has 1 aliphatic heterocycles. The molecule has 1 heterocycles. The lowest BCUT2D eigenvalue weighted by atomic mass is 9.54. The summed E-state index contributed by atoms with van der Waals surface area (Å²) in [5, 5.41) is 4.50. The molecule has 2 aliphatic carbocycles. The maximum Gasteiger partial charge on any atom is 0.139 e. The maximum atomic E-state index is 6.48. The van der Waals surface area contributed by atoms with Gasteiger partial charge in [-0.15, -0.1) is 0 Å². The molecule has 0 bridgehead atoms. The van der Waals surface area contributed by atoms with E-state index < -0.39 is 0 Å².